The predicted molar refractivity (Wildman–Crippen MR) is 65.4 cm³/mol. The van der Waals surface area contributed by atoms with Gasteiger partial charge in [0.1, 0.15) is 0 Å². The summed E-state index contributed by atoms with van der Waals surface area (Å²) >= 11 is 0. The van der Waals surface area contributed by atoms with Gasteiger partial charge in [0.05, 0.1) is 14.2 Å². The monoisotopic (exact) mass is 235 g/mol. The van der Waals surface area contributed by atoms with E-state index in [9.17, 15) is 4.79 Å². The highest BCUT2D eigenvalue weighted by molar-refractivity contribution is 5.94. The van der Waals surface area contributed by atoms with Crippen molar-refractivity contribution >= 4 is 11.6 Å². The molecular weight excluding hydrogens is 218 g/mol. The summed E-state index contributed by atoms with van der Waals surface area (Å²) in [5, 5.41) is 2.89. The van der Waals surface area contributed by atoms with Gasteiger partial charge in [-0.3, -0.25) is 4.79 Å². The second-order valence-corrected chi connectivity index (χ2v) is 4.38. The summed E-state index contributed by atoms with van der Waals surface area (Å²) in [5.74, 6) is 2.04. The topological polar surface area (TPSA) is 47.6 Å². The van der Waals surface area contributed by atoms with Crippen molar-refractivity contribution in [3.8, 4) is 11.5 Å². The van der Waals surface area contributed by atoms with Crippen molar-refractivity contribution in [3.63, 3.8) is 0 Å². The molecule has 1 amide bonds. The van der Waals surface area contributed by atoms with E-state index in [2.05, 4.69) is 12.2 Å². The Balaban J connectivity index is 2.08. The molecule has 0 radical (unpaired) electrons. The zero-order valence-corrected chi connectivity index (χ0v) is 10.3. The zero-order chi connectivity index (χ0) is 12.4. The molecule has 4 heteroatoms. The first-order valence-electron chi connectivity index (χ1n) is 5.68. The highest BCUT2D eigenvalue weighted by Crippen LogP contribution is 2.39. The Labute approximate surface area is 101 Å². The maximum Gasteiger partial charge on any atom is 0.227 e. The van der Waals surface area contributed by atoms with Gasteiger partial charge in [0.15, 0.2) is 11.5 Å². The van der Waals surface area contributed by atoms with Gasteiger partial charge in [-0.2, -0.15) is 0 Å². The number of amides is 1. The molecule has 1 aromatic rings. The fourth-order valence-corrected chi connectivity index (χ4v) is 1.84. The molecule has 1 fully saturated rings. The molecule has 0 heterocycles. The average molecular weight is 235 g/mol. The molecule has 1 aliphatic rings. The van der Waals surface area contributed by atoms with Gasteiger partial charge in [0.25, 0.3) is 0 Å². The van der Waals surface area contributed by atoms with Crippen LogP contribution in [-0.2, 0) is 4.79 Å². The van der Waals surface area contributed by atoms with Gasteiger partial charge in [-0.15, -0.1) is 0 Å². The van der Waals surface area contributed by atoms with Crippen LogP contribution in [0.15, 0.2) is 18.2 Å². The number of carbonyl (C=O) groups excluding carboxylic acids is 1. The van der Waals surface area contributed by atoms with Crippen LogP contribution < -0.4 is 14.8 Å². The molecule has 1 aliphatic carbocycles. The highest BCUT2D eigenvalue weighted by Gasteiger charge is 2.39. The Bertz CT molecular complexity index is 431. The number of hydrogen-bond acceptors (Lipinski definition) is 3. The molecule has 2 rings (SSSR count). The van der Waals surface area contributed by atoms with E-state index in [1.54, 1.807) is 26.4 Å². The molecule has 1 N–H and O–H groups in total. The Morgan fingerprint density at radius 3 is 2.47 bits per heavy atom. The molecule has 0 bridgehead atoms. The minimum absolute atomic E-state index is 0.0877. The third-order valence-corrected chi connectivity index (χ3v) is 3.10. The molecule has 92 valence electrons. The van der Waals surface area contributed by atoms with Crippen LogP contribution in [0.2, 0.25) is 0 Å². The highest BCUT2D eigenvalue weighted by atomic mass is 16.5. The summed E-state index contributed by atoms with van der Waals surface area (Å²) in [6, 6.07) is 5.36. The SMILES string of the molecule is COc1ccc(NC(=O)[C@H]2C[C@@H]2C)cc1OC. The van der Waals surface area contributed by atoms with Crippen LogP contribution in [0.4, 0.5) is 5.69 Å². The number of methoxy groups -OCH3 is 2. The second-order valence-electron chi connectivity index (χ2n) is 4.38. The second kappa shape index (κ2) is 4.65. The van der Waals surface area contributed by atoms with E-state index < -0.39 is 0 Å². The zero-order valence-electron chi connectivity index (χ0n) is 10.3. The first-order chi connectivity index (χ1) is 8.15. The average Bonchev–Trinajstić information content (AvgIpc) is 3.06. The lowest BCUT2D eigenvalue weighted by atomic mass is 10.2. The molecule has 4 nitrogen and oxygen atoms in total. The fourth-order valence-electron chi connectivity index (χ4n) is 1.84. The summed E-state index contributed by atoms with van der Waals surface area (Å²) in [6.07, 6.45) is 0.985. The van der Waals surface area contributed by atoms with Gasteiger partial charge in [-0.05, 0) is 24.5 Å². The number of carbonyl (C=O) groups is 1. The van der Waals surface area contributed by atoms with E-state index in [0.29, 0.717) is 17.4 Å². The third kappa shape index (κ3) is 2.52. The summed E-state index contributed by atoms with van der Waals surface area (Å²) < 4.78 is 10.3. The number of benzene rings is 1. The minimum Gasteiger partial charge on any atom is -0.493 e. The number of ether oxygens (including phenoxy) is 2. The van der Waals surface area contributed by atoms with Gasteiger partial charge in [0.2, 0.25) is 5.91 Å². The van der Waals surface area contributed by atoms with E-state index >= 15 is 0 Å². The molecule has 0 spiro atoms. The van der Waals surface area contributed by atoms with Crippen LogP contribution in [0.3, 0.4) is 0 Å². The maximum atomic E-state index is 11.8. The Kier molecular flexibility index (Phi) is 3.22. The van der Waals surface area contributed by atoms with Gasteiger partial charge in [0, 0.05) is 17.7 Å². The van der Waals surface area contributed by atoms with E-state index in [1.165, 1.54) is 0 Å². The number of nitrogens with one attached hydrogen (secondary N) is 1. The first-order valence-corrected chi connectivity index (χ1v) is 5.68. The predicted octanol–water partition coefficient (Wildman–Crippen LogP) is 2.30. The van der Waals surface area contributed by atoms with Crippen molar-refractivity contribution in [2.45, 2.75) is 13.3 Å². The summed E-state index contributed by atoms with van der Waals surface area (Å²) in [6.45, 7) is 2.08. The summed E-state index contributed by atoms with van der Waals surface area (Å²) in [7, 11) is 3.16. The molecule has 0 aromatic heterocycles. The van der Waals surface area contributed by atoms with Crippen molar-refractivity contribution in [2.24, 2.45) is 11.8 Å². The van der Waals surface area contributed by atoms with Gasteiger partial charge in [-0.1, -0.05) is 6.92 Å². The molecule has 0 saturated heterocycles. The smallest absolute Gasteiger partial charge is 0.227 e. The lowest BCUT2D eigenvalue weighted by Gasteiger charge is -2.10. The van der Waals surface area contributed by atoms with Crippen LogP contribution in [0, 0.1) is 11.8 Å². The van der Waals surface area contributed by atoms with E-state index in [-0.39, 0.29) is 11.8 Å². The first kappa shape index (κ1) is 11.8. The molecule has 1 aromatic carbocycles. The van der Waals surface area contributed by atoms with Gasteiger partial charge >= 0.3 is 0 Å². The lowest BCUT2D eigenvalue weighted by molar-refractivity contribution is -0.117. The van der Waals surface area contributed by atoms with Gasteiger partial charge < -0.3 is 14.8 Å². The van der Waals surface area contributed by atoms with Crippen molar-refractivity contribution in [1.29, 1.82) is 0 Å². The minimum atomic E-state index is 0.0877. The molecule has 17 heavy (non-hydrogen) atoms. The largest absolute Gasteiger partial charge is 0.493 e. The molecule has 1 saturated carbocycles. The number of anilines is 1. The molecule has 2 atom stereocenters. The van der Waals surface area contributed by atoms with Gasteiger partial charge in [-0.25, -0.2) is 0 Å². The third-order valence-electron chi connectivity index (χ3n) is 3.10. The Morgan fingerprint density at radius 1 is 1.29 bits per heavy atom. The van der Waals surface area contributed by atoms with Crippen molar-refractivity contribution in [3.05, 3.63) is 18.2 Å². The van der Waals surface area contributed by atoms with Crippen molar-refractivity contribution < 1.29 is 14.3 Å². The van der Waals surface area contributed by atoms with E-state index in [1.807, 2.05) is 6.07 Å². The van der Waals surface area contributed by atoms with Crippen LogP contribution in [0.25, 0.3) is 0 Å². The Hall–Kier alpha value is -1.71. The van der Waals surface area contributed by atoms with Crippen LogP contribution in [0.1, 0.15) is 13.3 Å². The van der Waals surface area contributed by atoms with Crippen LogP contribution in [-0.4, -0.2) is 20.1 Å². The molecule has 0 unspecified atom stereocenters. The number of rotatable bonds is 4. The van der Waals surface area contributed by atoms with Crippen molar-refractivity contribution in [1.82, 2.24) is 0 Å². The van der Waals surface area contributed by atoms with Crippen molar-refractivity contribution in [2.75, 3.05) is 19.5 Å². The summed E-state index contributed by atoms with van der Waals surface area (Å²) in [4.78, 5) is 11.8. The van der Waals surface area contributed by atoms with Crippen LogP contribution in [0.5, 0.6) is 11.5 Å². The normalized spacial score (nSPS) is 21.8. The molecular formula is C13H17NO3. The summed E-state index contributed by atoms with van der Waals surface area (Å²) in [5.41, 5.74) is 0.742. The van der Waals surface area contributed by atoms with Crippen LogP contribution >= 0.6 is 0 Å². The van der Waals surface area contributed by atoms with E-state index in [4.69, 9.17) is 9.47 Å². The van der Waals surface area contributed by atoms with E-state index in [0.717, 1.165) is 12.1 Å². The lowest BCUT2D eigenvalue weighted by Crippen LogP contribution is -2.14. The fraction of sp³-hybridized carbons (Fsp3) is 0.462. The standard InChI is InChI=1S/C13H17NO3/c1-8-6-10(8)13(15)14-9-4-5-11(16-2)12(7-9)17-3/h4-5,7-8,10H,6H2,1-3H3,(H,14,15)/t8-,10-/m0/s1. The maximum absolute atomic E-state index is 11.8. The Morgan fingerprint density at radius 2 is 1.94 bits per heavy atom. The quantitative estimate of drug-likeness (QED) is 0.871. The number of hydrogen-bond donors (Lipinski definition) is 1. The molecule has 0 aliphatic heterocycles.